The van der Waals surface area contributed by atoms with Crippen molar-refractivity contribution in [2.45, 2.75) is 21.6 Å². The number of hydrogen-bond acceptors (Lipinski definition) is 5. The van der Waals surface area contributed by atoms with Crippen molar-refractivity contribution in [3.8, 4) is 5.75 Å². The van der Waals surface area contributed by atoms with Crippen molar-refractivity contribution < 1.29 is 14.6 Å². The zero-order valence-electron chi connectivity index (χ0n) is 14.5. The van der Waals surface area contributed by atoms with Gasteiger partial charge in [0.25, 0.3) is 0 Å². The van der Waals surface area contributed by atoms with E-state index < -0.39 is 5.97 Å². The number of para-hydroxylation sites is 1. The molecule has 1 N–H and O–H groups in total. The lowest BCUT2D eigenvalue weighted by atomic mass is 10.3. The van der Waals surface area contributed by atoms with Gasteiger partial charge in [-0.1, -0.05) is 30.8 Å². The minimum Gasteiger partial charge on any atom is -0.491 e. The van der Waals surface area contributed by atoms with E-state index in [4.69, 9.17) is 9.84 Å². The molecule has 2 aromatic rings. The molecule has 0 atom stereocenters. The highest BCUT2D eigenvalue weighted by Gasteiger charge is 2.09. The van der Waals surface area contributed by atoms with Crippen molar-refractivity contribution >= 4 is 29.5 Å². The molecule has 0 unspecified atom stereocenters. The van der Waals surface area contributed by atoms with E-state index in [0.29, 0.717) is 19.7 Å². The Balaban J connectivity index is 1.96. The molecular weight excluding hydrogens is 354 g/mol. The van der Waals surface area contributed by atoms with Gasteiger partial charge in [-0.15, -0.1) is 11.8 Å². The highest BCUT2D eigenvalue weighted by atomic mass is 32.2. The molecule has 0 spiro atoms. The summed E-state index contributed by atoms with van der Waals surface area (Å²) in [6.07, 6.45) is 2.06. The molecule has 2 rings (SSSR count). The maximum absolute atomic E-state index is 10.8. The molecule has 0 radical (unpaired) electrons. The van der Waals surface area contributed by atoms with Crippen LogP contribution in [0.1, 0.15) is 6.92 Å². The van der Waals surface area contributed by atoms with E-state index in [-0.39, 0.29) is 6.54 Å². The van der Waals surface area contributed by atoms with Gasteiger partial charge in [0, 0.05) is 16.3 Å². The monoisotopic (exact) mass is 377 g/mol. The number of aliphatic carboxylic acids is 1. The average Bonchev–Trinajstić information content (AvgIpc) is 2.62. The van der Waals surface area contributed by atoms with Gasteiger partial charge in [-0.25, -0.2) is 0 Å². The van der Waals surface area contributed by atoms with Crippen molar-refractivity contribution in [3.05, 3.63) is 48.5 Å². The van der Waals surface area contributed by atoms with E-state index >= 15 is 0 Å². The molecule has 2 aromatic carbocycles. The minimum atomic E-state index is -0.813. The molecule has 0 aliphatic heterocycles. The van der Waals surface area contributed by atoms with Crippen LogP contribution in [0.4, 0.5) is 0 Å². The van der Waals surface area contributed by atoms with Crippen molar-refractivity contribution in [2.75, 3.05) is 32.5 Å². The quantitative estimate of drug-likeness (QED) is 0.622. The Morgan fingerprint density at radius 2 is 1.80 bits per heavy atom. The van der Waals surface area contributed by atoms with E-state index in [2.05, 4.69) is 30.5 Å². The molecule has 0 saturated carbocycles. The number of benzene rings is 2. The van der Waals surface area contributed by atoms with Crippen LogP contribution < -0.4 is 4.74 Å². The Kier molecular flexibility index (Phi) is 8.18. The molecule has 0 aliphatic carbocycles. The standard InChI is InChI=1S/C19H23NO3S2/c1-3-20(14-19(21)22)12-13-23-17-6-4-5-7-18(17)25-16-10-8-15(24-2)9-11-16/h4-11H,3,12-14H2,1-2H3,(H,21,22). The van der Waals surface area contributed by atoms with Crippen LogP contribution in [0.2, 0.25) is 0 Å². The van der Waals surface area contributed by atoms with Crippen molar-refractivity contribution in [3.63, 3.8) is 0 Å². The molecule has 0 heterocycles. The molecule has 0 bridgehead atoms. The Morgan fingerprint density at radius 1 is 1.12 bits per heavy atom. The largest absolute Gasteiger partial charge is 0.491 e. The second-order valence-electron chi connectivity index (χ2n) is 5.34. The number of thioether (sulfide) groups is 1. The molecule has 0 fully saturated rings. The zero-order chi connectivity index (χ0) is 18.1. The van der Waals surface area contributed by atoms with E-state index in [9.17, 15) is 4.79 Å². The average molecular weight is 378 g/mol. The first-order chi connectivity index (χ1) is 12.1. The van der Waals surface area contributed by atoms with Crippen LogP contribution in [0.3, 0.4) is 0 Å². The summed E-state index contributed by atoms with van der Waals surface area (Å²) in [6.45, 7) is 3.73. The van der Waals surface area contributed by atoms with Gasteiger partial charge in [-0.3, -0.25) is 9.69 Å². The summed E-state index contributed by atoms with van der Waals surface area (Å²) in [5.74, 6) is 0.0133. The first-order valence-electron chi connectivity index (χ1n) is 8.10. The minimum absolute atomic E-state index is 0.0397. The predicted octanol–water partition coefficient (Wildman–Crippen LogP) is 4.35. The van der Waals surface area contributed by atoms with Gasteiger partial charge >= 0.3 is 5.97 Å². The molecule has 134 valence electrons. The molecule has 0 aliphatic rings. The van der Waals surface area contributed by atoms with Gasteiger partial charge < -0.3 is 9.84 Å². The fraction of sp³-hybridized carbons (Fsp3) is 0.316. The Bertz CT molecular complexity index is 677. The second kappa shape index (κ2) is 10.4. The zero-order valence-corrected chi connectivity index (χ0v) is 16.1. The van der Waals surface area contributed by atoms with Gasteiger partial charge in [-0.2, -0.15) is 0 Å². The highest BCUT2D eigenvalue weighted by molar-refractivity contribution is 7.99. The first kappa shape index (κ1) is 19.7. The van der Waals surface area contributed by atoms with E-state index in [1.807, 2.05) is 36.1 Å². The van der Waals surface area contributed by atoms with Crippen LogP contribution in [0.5, 0.6) is 5.75 Å². The summed E-state index contributed by atoms with van der Waals surface area (Å²) >= 11 is 3.39. The van der Waals surface area contributed by atoms with E-state index in [0.717, 1.165) is 15.5 Å². The fourth-order valence-corrected chi connectivity index (χ4v) is 3.56. The van der Waals surface area contributed by atoms with Crippen LogP contribution in [-0.2, 0) is 4.79 Å². The Morgan fingerprint density at radius 3 is 2.44 bits per heavy atom. The van der Waals surface area contributed by atoms with Gasteiger partial charge in [-0.05, 0) is 49.2 Å². The van der Waals surface area contributed by atoms with Gasteiger partial charge in [0.1, 0.15) is 12.4 Å². The number of rotatable bonds is 10. The summed E-state index contributed by atoms with van der Waals surface area (Å²) < 4.78 is 5.91. The third-order valence-electron chi connectivity index (χ3n) is 3.61. The van der Waals surface area contributed by atoms with Gasteiger partial charge in [0.15, 0.2) is 0 Å². The number of ether oxygens (including phenoxy) is 1. The Labute approximate surface area is 157 Å². The third-order valence-corrected chi connectivity index (χ3v) is 5.42. The lowest BCUT2D eigenvalue weighted by molar-refractivity contribution is -0.138. The maximum Gasteiger partial charge on any atom is 0.317 e. The number of carbonyl (C=O) groups is 1. The van der Waals surface area contributed by atoms with Crippen LogP contribution in [0, 0.1) is 0 Å². The summed E-state index contributed by atoms with van der Waals surface area (Å²) in [5, 5.41) is 8.89. The maximum atomic E-state index is 10.8. The second-order valence-corrected chi connectivity index (χ2v) is 7.33. The van der Waals surface area contributed by atoms with Crippen LogP contribution in [0.15, 0.2) is 63.2 Å². The Hall–Kier alpha value is -1.63. The molecular formula is C19H23NO3S2. The van der Waals surface area contributed by atoms with E-state index in [1.54, 1.807) is 23.5 Å². The smallest absolute Gasteiger partial charge is 0.317 e. The highest BCUT2D eigenvalue weighted by Crippen LogP contribution is 2.35. The normalized spacial score (nSPS) is 10.8. The van der Waals surface area contributed by atoms with Crippen LogP contribution in [0.25, 0.3) is 0 Å². The fourth-order valence-electron chi connectivity index (χ4n) is 2.25. The van der Waals surface area contributed by atoms with Crippen molar-refractivity contribution in [1.29, 1.82) is 0 Å². The topological polar surface area (TPSA) is 49.8 Å². The summed E-state index contributed by atoms with van der Waals surface area (Å²) in [5.41, 5.74) is 0. The first-order valence-corrected chi connectivity index (χ1v) is 10.1. The lowest BCUT2D eigenvalue weighted by Crippen LogP contribution is -2.33. The number of carboxylic acid groups (broad SMARTS) is 1. The summed E-state index contributed by atoms with van der Waals surface area (Å²) in [6, 6.07) is 16.4. The summed E-state index contributed by atoms with van der Waals surface area (Å²) in [7, 11) is 0. The number of likely N-dealkylation sites (N-methyl/N-ethyl adjacent to an activating group) is 1. The lowest BCUT2D eigenvalue weighted by Gasteiger charge is -2.18. The molecule has 0 amide bonds. The number of carboxylic acids is 1. The van der Waals surface area contributed by atoms with Gasteiger partial charge in [0.2, 0.25) is 0 Å². The van der Waals surface area contributed by atoms with Crippen LogP contribution >= 0.6 is 23.5 Å². The SMILES string of the molecule is CCN(CCOc1ccccc1Sc1ccc(SC)cc1)CC(=O)O. The van der Waals surface area contributed by atoms with Crippen molar-refractivity contribution in [2.24, 2.45) is 0 Å². The molecule has 25 heavy (non-hydrogen) atoms. The molecule has 0 aromatic heterocycles. The van der Waals surface area contributed by atoms with Crippen molar-refractivity contribution in [1.82, 2.24) is 4.90 Å². The summed E-state index contributed by atoms with van der Waals surface area (Å²) in [4.78, 5) is 16.1. The number of hydrogen-bond donors (Lipinski definition) is 1. The van der Waals surface area contributed by atoms with Gasteiger partial charge in [0.05, 0.1) is 11.4 Å². The molecule has 6 heteroatoms. The third kappa shape index (κ3) is 6.65. The molecule has 4 nitrogen and oxygen atoms in total. The van der Waals surface area contributed by atoms with E-state index in [1.165, 1.54) is 4.90 Å². The predicted molar refractivity (Wildman–Crippen MR) is 104 cm³/mol. The van der Waals surface area contributed by atoms with Crippen LogP contribution in [-0.4, -0.2) is 48.5 Å². The number of nitrogens with zero attached hydrogens (tertiary/aromatic N) is 1. The molecule has 0 saturated heterocycles.